The fourth-order valence-electron chi connectivity index (χ4n) is 3.31. The van der Waals surface area contributed by atoms with Gasteiger partial charge in [0, 0.05) is 13.6 Å². The summed E-state index contributed by atoms with van der Waals surface area (Å²) in [5.41, 5.74) is 0.813. The van der Waals surface area contributed by atoms with Crippen LogP contribution in [-0.4, -0.2) is 41.1 Å². The van der Waals surface area contributed by atoms with Gasteiger partial charge in [0.15, 0.2) is 11.6 Å². The van der Waals surface area contributed by atoms with Crippen molar-refractivity contribution in [1.82, 2.24) is 20.4 Å². The fraction of sp³-hybridized carbons (Fsp3) is 0.500. The molecule has 1 saturated heterocycles. The molecule has 2 heterocycles. The number of carbonyl (C=O) groups is 1. The summed E-state index contributed by atoms with van der Waals surface area (Å²) < 4.78 is 31.4. The van der Waals surface area contributed by atoms with Gasteiger partial charge in [-0.3, -0.25) is 9.69 Å². The molecule has 0 unspecified atom stereocenters. The molecule has 1 aromatic carbocycles. The summed E-state index contributed by atoms with van der Waals surface area (Å²) in [6, 6.07) is 4.09. The van der Waals surface area contributed by atoms with E-state index in [1.165, 1.54) is 19.2 Å². The summed E-state index contributed by atoms with van der Waals surface area (Å²) in [6.45, 7) is 2.31. The van der Waals surface area contributed by atoms with E-state index < -0.39 is 11.6 Å². The highest BCUT2D eigenvalue weighted by atomic mass is 19.2. The fourth-order valence-corrected chi connectivity index (χ4v) is 3.31. The van der Waals surface area contributed by atoms with Crippen molar-refractivity contribution in [3.8, 4) is 0 Å². The molecule has 0 bridgehead atoms. The van der Waals surface area contributed by atoms with Crippen molar-refractivity contribution < 1.29 is 18.1 Å². The zero-order valence-corrected chi connectivity index (χ0v) is 14.7. The van der Waals surface area contributed by atoms with Gasteiger partial charge in [-0.05, 0) is 55.8 Å². The Morgan fingerprint density at radius 2 is 2.23 bits per heavy atom. The Kier molecular flexibility index (Phi) is 5.92. The highest BCUT2D eigenvalue weighted by molar-refractivity contribution is 5.89. The Morgan fingerprint density at radius 3 is 3.00 bits per heavy atom. The van der Waals surface area contributed by atoms with Crippen LogP contribution < -0.4 is 5.32 Å². The van der Waals surface area contributed by atoms with Crippen LogP contribution in [0.4, 0.5) is 8.78 Å². The van der Waals surface area contributed by atoms with Crippen molar-refractivity contribution in [2.75, 3.05) is 20.1 Å². The largest absolute Gasteiger partial charge is 0.352 e. The van der Waals surface area contributed by atoms with E-state index in [-0.39, 0.29) is 11.7 Å². The lowest BCUT2D eigenvalue weighted by atomic mass is 9.91. The second kappa shape index (κ2) is 8.35. The predicted molar refractivity (Wildman–Crippen MR) is 90.4 cm³/mol. The molecule has 1 amide bonds. The third-order valence-corrected chi connectivity index (χ3v) is 4.69. The zero-order chi connectivity index (χ0) is 18.5. The molecule has 1 aliphatic heterocycles. The second-order valence-electron chi connectivity index (χ2n) is 6.62. The van der Waals surface area contributed by atoms with Crippen molar-refractivity contribution >= 4 is 5.91 Å². The number of rotatable bonds is 6. The van der Waals surface area contributed by atoms with Gasteiger partial charge in [0.1, 0.15) is 0 Å². The lowest BCUT2D eigenvalue weighted by Crippen LogP contribution is -2.35. The van der Waals surface area contributed by atoms with E-state index >= 15 is 0 Å². The molecule has 0 aliphatic carbocycles. The minimum atomic E-state index is -0.812. The molecule has 1 N–H and O–H groups in total. The molecule has 8 heteroatoms. The first kappa shape index (κ1) is 18.4. The second-order valence-corrected chi connectivity index (χ2v) is 6.62. The normalized spacial score (nSPS) is 18.0. The summed E-state index contributed by atoms with van der Waals surface area (Å²) in [5, 5.41) is 6.13. The molecule has 1 aliphatic rings. The Morgan fingerprint density at radius 1 is 1.38 bits per heavy atom. The third kappa shape index (κ3) is 4.63. The van der Waals surface area contributed by atoms with Crippen LogP contribution in [0.25, 0.3) is 0 Å². The molecule has 6 nitrogen and oxygen atoms in total. The molecule has 3 rings (SSSR count). The molecule has 0 spiro atoms. The molecule has 0 radical (unpaired) electrons. The van der Waals surface area contributed by atoms with E-state index in [0.29, 0.717) is 18.4 Å². The Labute approximate surface area is 150 Å². The number of aryl methyl sites for hydroxylation is 1. The predicted octanol–water partition coefficient (Wildman–Crippen LogP) is 2.55. The maximum atomic E-state index is 13.3. The number of nitrogens with one attached hydrogen (secondary N) is 1. The van der Waals surface area contributed by atoms with Crippen LogP contribution in [0.5, 0.6) is 0 Å². The minimum absolute atomic E-state index is 0.0365. The average molecular weight is 364 g/mol. The number of piperidine rings is 1. The molecule has 1 aromatic heterocycles. The number of hydrogen-bond donors (Lipinski definition) is 1. The van der Waals surface area contributed by atoms with Gasteiger partial charge in [0.05, 0.1) is 6.54 Å². The van der Waals surface area contributed by atoms with E-state index in [4.69, 9.17) is 4.52 Å². The van der Waals surface area contributed by atoms with Gasteiger partial charge in [-0.25, -0.2) is 8.78 Å². The van der Waals surface area contributed by atoms with Crippen LogP contribution in [0.15, 0.2) is 22.7 Å². The molecule has 2 aromatic rings. The topological polar surface area (TPSA) is 71.3 Å². The van der Waals surface area contributed by atoms with Crippen LogP contribution in [0.2, 0.25) is 0 Å². The number of halogens is 2. The summed E-state index contributed by atoms with van der Waals surface area (Å²) in [4.78, 5) is 17.8. The van der Waals surface area contributed by atoms with Crippen LogP contribution in [0.3, 0.4) is 0 Å². The lowest BCUT2D eigenvalue weighted by Gasteiger charge is -2.31. The summed E-state index contributed by atoms with van der Waals surface area (Å²) in [6.07, 6.45) is 3.79. The Balaban J connectivity index is 1.51. The standard InChI is InChI=1S/C18H22F2N4O2/c1-21-18(25)17-22-16(26-23-17)11-24-8-2-3-13(10-24)5-4-12-6-7-14(19)15(20)9-12/h6-7,9,13H,2-5,8,10-11H2,1H3,(H,21,25)/t13-/m0/s1. The van der Waals surface area contributed by atoms with Crippen LogP contribution in [0.1, 0.15) is 41.3 Å². The van der Waals surface area contributed by atoms with E-state index in [0.717, 1.165) is 44.3 Å². The number of likely N-dealkylation sites (tertiary alicyclic amines) is 1. The van der Waals surface area contributed by atoms with Gasteiger partial charge in [0.2, 0.25) is 5.89 Å². The first-order valence-corrected chi connectivity index (χ1v) is 8.76. The quantitative estimate of drug-likeness (QED) is 0.853. The van der Waals surface area contributed by atoms with Gasteiger partial charge in [-0.2, -0.15) is 4.98 Å². The van der Waals surface area contributed by atoms with Crippen LogP contribution in [-0.2, 0) is 13.0 Å². The molecule has 26 heavy (non-hydrogen) atoms. The van der Waals surface area contributed by atoms with Crippen molar-refractivity contribution in [1.29, 1.82) is 0 Å². The average Bonchev–Trinajstić information content (AvgIpc) is 3.11. The Hall–Kier alpha value is -2.35. The monoisotopic (exact) mass is 364 g/mol. The number of carbonyl (C=O) groups excluding carboxylic acids is 1. The number of aromatic nitrogens is 2. The molecule has 140 valence electrons. The maximum Gasteiger partial charge on any atom is 0.292 e. The molecular formula is C18H22F2N4O2. The Bertz CT molecular complexity index is 765. The first-order chi connectivity index (χ1) is 12.5. The van der Waals surface area contributed by atoms with Crippen molar-refractivity contribution in [3.05, 3.63) is 47.1 Å². The molecule has 1 fully saturated rings. The minimum Gasteiger partial charge on any atom is -0.352 e. The SMILES string of the molecule is CNC(=O)c1noc(CN2CCC[C@@H](CCc3ccc(F)c(F)c3)C2)n1. The number of amides is 1. The third-order valence-electron chi connectivity index (χ3n) is 4.69. The molecular weight excluding hydrogens is 342 g/mol. The molecule has 0 saturated carbocycles. The summed E-state index contributed by atoms with van der Waals surface area (Å²) >= 11 is 0. The number of benzene rings is 1. The molecule has 1 atom stereocenters. The highest BCUT2D eigenvalue weighted by Gasteiger charge is 2.22. The zero-order valence-electron chi connectivity index (χ0n) is 14.7. The first-order valence-electron chi connectivity index (χ1n) is 8.76. The maximum absolute atomic E-state index is 13.3. The lowest BCUT2D eigenvalue weighted by molar-refractivity contribution is 0.0950. The van der Waals surface area contributed by atoms with E-state index in [9.17, 15) is 13.6 Å². The van der Waals surface area contributed by atoms with Crippen molar-refractivity contribution in [2.45, 2.75) is 32.2 Å². The van der Waals surface area contributed by atoms with Crippen molar-refractivity contribution in [3.63, 3.8) is 0 Å². The van der Waals surface area contributed by atoms with Gasteiger partial charge < -0.3 is 9.84 Å². The van der Waals surface area contributed by atoms with Crippen LogP contribution in [0, 0.1) is 17.6 Å². The van der Waals surface area contributed by atoms with Gasteiger partial charge in [-0.1, -0.05) is 11.2 Å². The van der Waals surface area contributed by atoms with Crippen LogP contribution >= 0.6 is 0 Å². The van der Waals surface area contributed by atoms with Gasteiger partial charge in [-0.15, -0.1) is 0 Å². The highest BCUT2D eigenvalue weighted by Crippen LogP contribution is 2.23. The summed E-state index contributed by atoms with van der Waals surface area (Å²) in [7, 11) is 1.51. The number of nitrogens with zero attached hydrogens (tertiary/aromatic N) is 3. The van der Waals surface area contributed by atoms with Gasteiger partial charge in [0.25, 0.3) is 11.7 Å². The van der Waals surface area contributed by atoms with E-state index in [1.807, 2.05) is 0 Å². The van der Waals surface area contributed by atoms with E-state index in [1.54, 1.807) is 6.07 Å². The van der Waals surface area contributed by atoms with Gasteiger partial charge >= 0.3 is 0 Å². The van der Waals surface area contributed by atoms with E-state index in [2.05, 4.69) is 20.4 Å². The van der Waals surface area contributed by atoms with Crippen molar-refractivity contribution in [2.24, 2.45) is 5.92 Å². The summed E-state index contributed by atoms with van der Waals surface area (Å²) in [5.74, 6) is -1.05. The smallest absolute Gasteiger partial charge is 0.292 e. The number of hydrogen-bond acceptors (Lipinski definition) is 5.